The maximum atomic E-state index is 12.3. The summed E-state index contributed by atoms with van der Waals surface area (Å²) in [5, 5.41) is 0. The van der Waals surface area contributed by atoms with Gasteiger partial charge in [-0.1, -0.05) is 84.1 Å². The molecule has 2 rings (SSSR count). The molecule has 1 aliphatic heterocycles. The molecule has 1 aliphatic rings. The van der Waals surface area contributed by atoms with E-state index in [2.05, 4.69) is 35.7 Å². The monoisotopic (exact) mass is 510 g/mol. The summed E-state index contributed by atoms with van der Waals surface area (Å²) in [5.41, 5.74) is 1.94. The van der Waals surface area contributed by atoms with E-state index in [0.29, 0.717) is 30.1 Å². The van der Waals surface area contributed by atoms with Crippen LogP contribution in [-0.2, 0) is 9.47 Å². The lowest BCUT2D eigenvalue weighted by molar-refractivity contribution is -0.944. The summed E-state index contributed by atoms with van der Waals surface area (Å²) in [4.78, 5) is 12.3. The molecular formula is C27H48N3O4S+. The van der Waals surface area contributed by atoms with Crippen LogP contribution in [0.15, 0.2) is 6.08 Å². The van der Waals surface area contributed by atoms with Crippen molar-refractivity contribution in [1.29, 1.82) is 0 Å². The van der Waals surface area contributed by atoms with E-state index in [0.717, 1.165) is 43.5 Å². The van der Waals surface area contributed by atoms with Crippen LogP contribution >= 0.6 is 11.7 Å². The van der Waals surface area contributed by atoms with Crippen molar-refractivity contribution < 1.29 is 23.5 Å². The number of rotatable bonds is 18. The number of carbonyl (C=O) groups excluding carboxylic acids is 1. The molecule has 2 atom stereocenters. The van der Waals surface area contributed by atoms with Crippen LogP contribution in [0.4, 0.5) is 4.79 Å². The maximum absolute atomic E-state index is 12.3. The van der Waals surface area contributed by atoms with Gasteiger partial charge < -0.3 is 14.2 Å². The van der Waals surface area contributed by atoms with Gasteiger partial charge >= 0.3 is 6.16 Å². The van der Waals surface area contributed by atoms with Crippen LogP contribution in [0.5, 0.6) is 5.88 Å². The fourth-order valence-corrected chi connectivity index (χ4v) is 4.94. The van der Waals surface area contributed by atoms with E-state index in [1.165, 1.54) is 69.5 Å². The van der Waals surface area contributed by atoms with Crippen LogP contribution in [0.2, 0.25) is 0 Å². The van der Waals surface area contributed by atoms with Crippen molar-refractivity contribution in [2.75, 3.05) is 33.4 Å². The molecule has 0 saturated heterocycles. The summed E-state index contributed by atoms with van der Waals surface area (Å²) in [7, 11) is 2.12. The molecule has 2 heterocycles. The Bertz CT molecular complexity index is 755. The molecule has 0 amide bonds. The second-order valence-corrected chi connectivity index (χ2v) is 10.5. The molecule has 0 fully saturated rings. The first-order chi connectivity index (χ1) is 17.0. The molecule has 0 N–H and O–H groups in total. The number of unbranched alkanes of at least 4 members (excludes halogenated alkanes) is 10. The number of likely N-dealkylation sites (N-methyl/N-ethyl adjacent to an activating group) is 1. The highest BCUT2D eigenvalue weighted by atomic mass is 32.1. The molecule has 1 unspecified atom stereocenters. The summed E-state index contributed by atoms with van der Waals surface area (Å²) in [6.45, 7) is 9.09. The second-order valence-electron chi connectivity index (χ2n) is 10.00. The molecule has 7 nitrogen and oxygen atoms in total. The highest BCUT2D eigenvalue weighted by Gasteiger charge is 2.37. The fourth-order valence-electron chi connectivity index (χ4n) is 4.41. The Morgan fingerprint density at radius 1 is 0.971 bits per heavy atom. The van der Waals surface area contributed by atoms with Gasteiger partial charge in [-0.3, -0.25) is 4.48 Å². The van der Waals surface area contributed by atoms with Crippen molar-refractivity contribution in [3.63, 3.8) is 0 Å². The van der Waals surface area contributed by atoms with Crippen molar-refractivity contribution in [1.82, 2.24) is 8.75 Å². The number of quaternary nitrogens is 1. The van der Waals surface area contributed by atoms with E-state index in [1.54, 1.807) is 0 Å². The first kappa shape index (κ1) is 29.6. The average Bonchev–Trinajstić information content (AvgIpc) is 3.31. The van der Waals surface area contributed by atoms with Crippen LogP contribution in [0.3, 0.4) is 0 Å². The Hall–Kier alpha value is -1.67. The lowest BCUT2D eigenvalue weighted by Gasteiger charge is -2.41. The first-order valence-electron chi connectivity index (χ1n) is 13.8. The molecular weight excluding hydrogens is 462 g/mol. The van der Waals surface area contributed by atoms with E-state index in [4.69, 9.17) is 14.2 Å². The van der Waals surface area contributed by atoms with Gasteiger partial charge in [0.1, 0.15) is 12.2 Å². The highest BCUT2D eigenvalue weighted by Crippen LogP contribution is 2.31. The molecule has 200 valence electrons. The lowest BCUT2D eigenvalue weighted by atomic mass is 10.0. The number of ether oxygens (including phenoxy) is 3. The Labute approximate surface area is 217 Å². The van der Waals surface area contributed by atoms with Crippen molar-refractivity contribution in [2.45, 2.75) is 110 Å². The van der Waals surface area contributed by atoms with Gasteiger partial charge in [-0.2, -0.15) is 4.37 Å². The zero-order valence-electron chi connectivity index (χ0n) is 22.6. The largest absolute Gasteiger partial charge is 0.512 e. The molecule has 0 aromatic carbocycles. The predicted octanol–water partition coefficient (Wildman–Crippen LogP) is 7.37. The predicted molar refractivity (Wildman–Crippen MR) is 143 cm³/mol. The quantitative estimate of drug-likeness (QED) is 0.117. The van der Waals surface area contributed by atoms with Gasteiger partial charge in [0.15, 0.2) is 0 Å². The van der Waals surface area contributed by atoms with Gasteiger partial charge in [-0.25, -0.2) is 4.79 Å². The Balaban J connectivity index is 1.73. The van der Waals surface area contributed by atoms with E-state index in [1.807, 2.05) is 6.92 Å². The molecule has 0 bridgehead atoms. The minimum absolute atomic E-state index is 0.310. The number of nitrogens with zero attached hydrogens (tertiary/aromatic N) is 3. The zero-order chi connectivity index (χ0) is 25.4. The maximum Gasteiger partial charge on any atom is 0.512 e. The van der Waals surface area contributed by atoms with Crippen LogP contribution in [0.25, 0.3) is 5.57 Å². The summed E-state index contributed by atoms with van der Waals surface area (Å²) >= 11 is 1.19. The van der Waals surface area contributed by atoms with Gasteiger partial charge in [-0.15, -0.1) is 4.37 Å². The van der Waals surface area contributed by atoms with Crippen molar-refractivity contribution in [3.8, 4) is 5.88 Å². The third kappa shape index (κ3) is 10.9. The lowest BCUT2D eigenvalue weighted by Crippen LogP contribution is -2.55. The average molecular weight is 511 g/mol. The number of hydrogen-bond donors (Lipinski definition) is 0. The van der Waals surface area contributed by atoms with Gasteiger partial charge in [0.25, 0.3) is 5.88 Å². The Morgan fingerprint density at radius 3 is 2.31 bits per heavy atom. The molecule has 8 heteroatoms. The summed E-state index contributed by atoms with van der Waals surface area (Å²) in [6, 6.07) is 0. The molecule has 0 spiro atoms. The van der Waals surface area contributed by atoms with E-state index < -0.39 is 6.16 Å². The topological polar surface area (TPSA) is 70.5 Å². The summed E-state index contributed by atoms with van der Waals surface area (Å²) < 4.78 is 26.5. The van der Waals surface area contributed by atoms with Gasteiger partial charge in [0.05, 0.1) is 38.5 Å². The Morgan fingerprint density at radius 2 is 1.60 bits per heavy atom. The van der Waals surface area contributed by atoms with Crippen LogP contribution in [-0.4, -0.2) is 59.0 Å². The van der Waals surface area contributed by atoms with Crippen LogP contribution < -0.4 is 4.74 Å². The highest BCUT2D eigenvalue weighted by molar-refractivity contribution is 6.99. The van der Waals surface area contributed by atoms with Gasteiger partial charge in [0, 0.05) is 18.9 Å². The molecule has 35 heavy (non-hydrogen) atoms. The molecule has 0 aliphatic carbocycles. The van der Waals surface area contributed by atoms with Gasteiger partial charge in [-0.05, 0) is 12.8 Å². The molecule has 0 saturated carbocycles. The van der Waals surface area contributed by atoms with E-state index >= 15 is 0 Å². The molecule has 1 aromatic rings. The molecule has 0 radical (unpaired) electrons. The smallest absolute Gasteiger partial charge is 0.475 e. The number of carbonyl (C=O) groups is 1. The standard InChI is InChI=1S/C27H48N3O4S/c1-5-7-9-11-12-13-14-16-21-33-27(31)34-23(3)30(4)19-17-18-24(22-30)25-26(29-35-28-25)32-20-15-10-8-6-2/h18,23H,5-17,19-22H2,1-4H3/q+1/t23-,30?/m1/s1. The Kier molecular flexibility index (Phi) is 14.3. The minimum atomic E-state index is -0.567. The minimum Gasteiger partial charge on any atom is -0.475 e. The summed E-state index contributed by atoms with van der Waals surface area (Å²) in [5.74, 6) is 0.629. The van der Waals surface area contributed by atoms with Crippen molar-refractivity contribution in [2.24, 2.45) is 0 Å². The zero-order valence-corrected chi connectivity index (χ0v) is 23.4. The van der Waals surface area contributed by atoms with Crippen molar-refractivity contribution in [3.05, 3.63) is 11.8 Å². The van der Waals surface area contributed by atoms with Crippen LogP contribution in [0.1, 0.15) is 110 Å². The number of hydrogen-bond acceptors (Lipinski definition) is 7. The van der Waals surface area contributed by atoms with Crippen LogP contribution in [0, 0.1) is 0 Å². The second kappa shape index (κ2) is 16.9. The third-order valence-electron chi connectivity index (χ3n) is 6.92. The first-order valence-corrected chi connectivity index (χ1v) is 14.6. The molecule has 1 aromatic heterocycles. The normalized spacial score (nSPS) is 18.7. The van der Waals surface area contributed by atoms with E-state index in [-0.39, 0.29) is 6.23 Å². The fraction of sp³-hybridized carbons (Fsp3) is 0.815. The number of aromatic nitrogens is 2. The third-order valence-corrected chi connectivity index (χ3v) is 7.44. The van der Waals surface area contributed by atoms with Gasteiger partial charge in [0.2, 0.25) is 6.23 Å². The SMILES string of the molecule is CCCCCCCCCCOC(=O)O[C@H](C)[N+]1(C)CCC=C(c2nsnc2OCCCCCC)C1. The summed E-state index contributed by atoms with van der Waals surface area (Å²) in [6.07, 6.45) is 16.6. The van der Waals surface area contributed by atoms with E-state index in [9.17, 15) is 4.79 Å². The van der Waals surface area contributed by atoms with Crippen molar-refractivity contribution >= 4 is 23.5 Å².